The standard InChI is InChI=1S/C9H18N2O.ClH/c1-7-3-5-11(6-4-7)9(12)8(2)10;/h7-8H,3-6,10H2,1-2H3;1H. The number of rotatable bonds is 1. The number of nitrogens with zero attached hydrogens (tertiary/aromatic N) is 1. The van der Waals surface area contributed by atoms with Crippen molar-refractivity contribution in [1.82, 2.24) is 4.90 Å². The smallest absolute Gasteiger partial charge is 0.239 e. The van der Waals surface area contributed by atoms with Crippen molar-refractivity contribution in [3.05, 3.63) is 0 Å². The van der Waals surface area contributed by atoms with Crippen LogP contribution in [0.5, 0.6) is 0 Å². The van der Waals surface area contributed by atoms with Gasteiger partial charge in [0.1, 0.15) is 0 Å². The first-order valence-corrected chi connectivity index (χ1v) is 4.65. The minimum Gasteiger partial charge on any atom is -0.341 e. The number of nitrogens with two attached hydrogens (primary N) is 1. The van der Waals surface area contributed by atoms with Crippen molar-refractivity contribution in [3.63, 3.8) is 0 Å². The van der Waals surface area contributed by atoms with E-state index >= 15 is 0 Å². The van der Waals surface area contributed by atoms with Crippen LogP contribution in [-0.4, -0.2) is 29.9 Å². The lowest BCUT2D eigenvalue weighted by atomic mass is 9.99. The molecule has 13 heavy (non-hydrogen) atoms. The summed E-state index contributed by atoms with van der Waals surface area (Å²) in [6.45, 7) is 5.76. The molecule has 4 heteroatoms. The van der Waals surface area contributed by atoms with Gasteiger partial charge in [-0.15, -0.1) is 12.4 Å². The van der Waals surface area contributed by atoms with Gasteiger partial charge in [0.05, 0.1) is 6.04 Å². The zero-order chi connectivity index (χ0) is 9.14. The van der Waals surface area contributed by atoms with Gasteiger partial charge in [-0.25, -0.2) is 0 Å². The lowest BCUT2D eigenvalue weighted by Crippen LogP contribution is -2.45. The Labute approximate surface area is 86.1 Å². The molecule has 78 valence electrons. The van der Waals surface area contributed by atoms with Crippen molar-refractivity contribution < 1.29 is 4.79 Å². The summed E-state index contributed by atoms with van der Waals surface area (Å²) >= 11 is 0. The molecular weight excluding hydrogens is 188 g/mol. The minimum atomic E-state index is -0.335. The molecule has 1 aliphatic heterocycles. The van der Waals surface area contributed by atoms with Crippen LogP contribution in [0.15, 0.2) is 0 Å². The third-order valence-electron chi connectivity index (χ3n) is 2.48. The maximum absolute atomic E-state index is 11.4. The molecule has 3 nitrogen and oxygen atoms in total. The Morgan fingerprint density at radius 3 is 2.31 bits per heavy atom. The van der Waals surface area contributed by atoms with Gasteiger partial charge in [0.2, 0.25) is 5.91 Å². The maximum Gasteiger partial charge on any atom is 0.239 e. The highest BCUT2D eigenvalue weighted by atomic mass is 35.5. The van der Waals surface area contributed by atoms with Crippen LogP contribution in [0.4, 0.5) is 0 Å². The summed E-state index contributed by atoms with van der Waals surface area (Å²) < 4.78 is 0. The first-order valence-electron chi connectivity index (χ1n) is 4.65. The molecule has 1 fully saturated rings. The first-order chi connectivity index (χ1) is 5.61. The normalized spacial score (nSPS) is 20.7. The number of likely N-dealkylation sites (tertiary alicyclic amines) is 1. The number of carbonyl (C=O) groups excluding carboxylic acids is 1. The monoisotopic (exact) mass is 206 g/mol. The van der Waals surface area contributed by atoms with E-state index in [1.54, 1.807) is 6.92 Å². The van der Waals surface area contributed by atoms with Crippen molar-refractivity contribution in [2.45, 2.75) is 32.7 Å². The van der Waals surface area contributed by atoms with Crippen molar-refractivity contribution in [1.29, 1.82) is 0 Å². The van der Waals surface area contributed by atoms with E-state index in [0.29, 0.717) is 0 Å². The molecule has 0 aromatic carbocycles. The molecule has 1 saturated heterocycles. The van der Waals surface area contributed by atoms with E-state index < -0.39 is 0 Å². The van der Waals surface area contributed by atoms with Gasteiger partial charge in [0, 0.05) is 13.1 Å². The zero-order valence-electron chi connectivity index (χ0n) is 8.32. The lowest BCUT2D eigenvalue weighted by molar-refractivity contribution is -0.133. The highest BCUT2D eigenvalue weighted by Gasteiger charge is 2.21. The second-order valence-corrected chi connectivity index (χ2v) is 3.80. The Balaban J connectivity index is 0.00000144. The third-order valence-corrected chi connectivity index (χ3v) is 2.48. The third kappa shape index (κ3) is 3.53. The quantitative estimate of drug-likeness (QED) is 0.696. The van der Waals surface area contributed by atoms with Crippen molar-refractivity contribution in [2.75, 3.05) is 13.1 Å². The van der Waals surface area contributed by atoms with Gasteiger partial charge in [-0.2, -0.15) is 0 Å². The summed E-state index contributed by atoms with van der Waals surface area (Å²) in [6.07, 6.45) is 2.25. The molecule has 1 atom stereocenters. The maximum atomic E-state index is 11.4. The zero-order valence-corrected chi connectivity index (χ0v) is 9.14. The summed E-state index contributed by atoms with van der Waals surface area (Å²) in [6, 6.07) is -0.335. The number of amides is 1. The first kappa shape index (κ1) is 12.7. The van der Waals surface area contributed by atoms with Gasteiger partial charge in [0.25, 0.3) is 0 Å². The average Bonchev–Trinajstić information content (AvgIpc) is 2.04. The molecule has 0 aromatic heterocycles. The lowest BCUT2D eigenvalue weighted by Gasteiger charge is -2.31. The molecule has 0 saturated carbocycles. The fourth-order valence-corrected chi connectivity index (χ4v) is 1.52. The molecule has 0 radical (unpaired) electrons. The van der Waals surface area contributed by atoms with Crippen molar-refractivity contribution >= 4 is 18.3 Å². The van der Waals surface area contributed by atoms with Crippen LogP contribution in [0.2, 0.25) is 0 Å². The Bertz CT molecular complexity index is 165. The van der Waals surface area contributed by atoms with Gasteiger partial charge in [-0.3, -0.25) is 4.79 Å². The van der Waals surface area contributed by atoms with Crippen LogP contribution in [-0.2, 0) is 4.79 Å². The van der Waals surface area contributed by atoms with Crippen LogP contribution in [0, 0.1) is 5.92 Å². The second-order valence-electron chi connectivity index (χ2n) is 3.80. The van der Waals surface area contributed by atoms with E-state index in [1.165, 1.54) is 0 Å². The largest absolute Gasteiger partial charge is 0.341 e. The average molecular weight is 207 g/mol. The fourth-order valence-electron chi connectivity index (χ4n) is 1.52. The summed E-state index contributed by atoms with van der Waals surface area (Å²) in [5, 5.41) is 0. The molecule has 0 aliphatic carbocycles. The van der Waals surface area contributed by atoms with E-state index in [2.05, 4.69) is 6.92 Å². The van der Waals surface area contributed by atoms with Crippen LogP contribution in [0.25, 0.3) is 0 Å². The predicted octanol–water partition coefficient (Wildman–Crippen LogP) is 1.01. The van der Waals surface area contributed by atoms with Gasteiger partial charge in [0.15, 0.2) is 0 Å². The predicted molar refractivity (Wildman–Crippen MR) is 55.9 cm³/mol. The number of hydrogen-bond acceptors (Lipinski definition) is 2. The van der Waals surface area contributed by atoms with Crippen LogP contribution >= 0.6 is 12.4 Å². The van der Waals surface area contributed by atoms with E-state index in [0.717, 1.165) is 31.8 Å². The van der Waals surface area contributed by atoms with Gasteiger partial charge in [-0.05, 0) is 25.7 Å². The fraction of sp³-hybridized carbons (Fsp3) is 0.889. The van der Waals surface area contributed by atoms with Crippen LogP contribution in [0.3, 0.4) is 0 Å². The molecule has 2 N–H and O–H groups in total. The van der Waals surface area contributed by atoms with E-state index in [-0.39, 0.29) is 24.4 Å². The summed E-state index contributed by atoms with van der Waals surface area (Å²) in [5.74, 6) is 0.865. The molecule has 1 aliphatic rings. The summed E-state index contributed by atoms with van der Waals surface area (Å²) in [5.41, 5.74) is 5.51. The highest BCUT2D eigenvalue weighted by molar-refractivity contribution is 5.85. The Kier molecular flexibility index (Phi) is 5.33. The Morgan fingerprint density at radius 2 is 1.92 bits per heavy atom. The number of hydrogen-bond donors (Lipinski definition) is 1. The molecule has 1 heterocycles. The van der Waals surface area contributed by atoms with Gasteiger partial charge >= 0.3 is 0 Å². The van der Waals surface area contributed by atoms with E-state index in [1.807, 2.05) is 4.90 Å². The molecule has 0 spiro atoms. The number of carbonyl (C=O) groups is 1. The van der Waals surface area contributed by atoms with E-state index in [4.69, 9.17) is 5.73 Å². The van der Waals surface area contributed by atoms with Gasteiger partial charge in [-0.1, -0.05) is 6.92 Å². The van der Waals surface area contributed by atoms with Crippen molar-refractivity contribution in [3.8, 4) is 0 Å². The molecule has 1 rings (SSSR count). The molecule has 0 aromatic rings. The Morgan fingerprint density at radius 1 is 1.46 bits per heavy atom. The minimum absolute atomic E-state index is 0. The SMILES string of the molecule is CC1CCN(C(=O)C(C)N)CC1.Cl. The molecule has 0 bridgehead atoms. The molecule has 1 amide bonds. The highest BCUT2D eigenvalue weighted by Crippen LogP contribution is 2.16. The van der Waals surface area contributed by atoms with Crippen LogP contribution in [0.1, 0.15) is 26.7 Å². The van der Waals surface area contributed by atoms with Crippen molar-refractivity contribution in [2.24, 2.45) is 11.7 Å². The van der Waals surface area contributed by atoms with E-state index in [9.17, 15) is 4.79 Å². The topological polar surface area (TPSA) is 46.3 Å². The van der Waals surface area contributed by atoms with Gasteiger partial charge < -0.3 is 10.6 Å². The number of piperidine rings is 1. The molecule has 1 unspecified atom stereocenters. The van der Waals surface area contributed by atoms with Crippen LogP contribution < -0.4 is 5.73 Å². The Hall–Kier alpha value is -0.280. The number of halogens is 1. The summed E-state index contributed by atoms with van der Waals surface area (Å²) in [7, 11) is 0. The summed E-state index contributed by atoms with van der Waals surface area (Å²) in [4.78, 5) is 13.3. The molecular formula is C9H19ClN2O. The second kappa shape index (κ2) is 5.45.